The molecule has 8 heteroatoms. The molecule has 0 bridgehead atoms. The normalized spacial score (nSPS) is 23.0. The van der Waals surface area contributed by atoms with E-state index in [0.29, 0.717) is 18.8 Å². The van der Waals surface area contributed by atoms with Crippen molar-refractivity contribution in [1.82, 2.24) is 20.4 Å². The number of nitrogens with one attached hydrogen (secondary N) is 3. The van der Waals surface area contributed by atoms with Crippen LogP contribution in [-0.4, -0.2) is 41.2 Å². The summed E-state index contributed by atoms with van der Waals surface area (Å²) in [5.41, 5.74) is 2.82. The Labute approximate surface area is 158 Å². The molecule has 1 unspecified atom stereocenters. The van der Waals surface area contributed by atoms with Gasteiger partial charge < -0.3 is 10.6 Å². The molecule has 0 saturated carbocycles. The van der Waals surface area contributed by atoms with Gasteiger partial charge in [-0.05, 0) is 50.0 Å². The summed E-state index contributed by atoms with van der Waals surface area (Å²) in [5, 5.41) is 14.9. The Bertz CT molecular complexity index is 828. The number of fused-ring (bicyclic) bond motifs is 1. The van der Waals surface area contributed by atoms with Crippen LogP contribution in [0.5, 0.6) is 0 Å². The van der Waals surface area contributed by atoms with E-state index in [1.54, 1.807) is 0 Å². The summed E-state index contributed by atoms with van der Waals surface area (Å²) in [6, 6.07) is 6.15. The number of benzene rings is 1. The van der Waals surface area contributed by atoms with E-state index in [4.69, 9.17) is 0 Å². The average Bonchev–Trinajstić information content (AvgIpc) is 3.22. The highest BCUT2D eigenvalue weighted by Gasteiger charge is 2.31. The predicted octanol–water partition coefficient (Wildman–Crippen LogP) is 1.54. The lowest BCUT2D eigenvalue weighted by atomic mass is 9.93. The van der Waals surface area contributed by atoms with Gasteiger partial charge in [-0.1, -0.05) is 0 Å². The molecular formula is C18H24ClN5O2. The molecule has 2 fully saturated rings. The molecule has 0 spiro atoms. The molecule has 1 aromatic carbocycles. The number of hydrogen-bond donors (Lipinski definition) is 3. The third-order valence-corrected chi connectivity index (χ3v) is 5.21. The summed E-state index contributed by atoms with van der Waals surface area (Å²) in [6.45, 7) is 3.12. The van der Waals surface area contributed by atoms with Gasteiger partial charge in [-0.15, -0.1) is 12.4 Å². The van der Waals surface area contributed by atoms with Crippen LogP contribution in [0.1, 0.15) is 30.9 Å². The quantitative estimate of drug-likeness (QED) is 0.703. The zero-order valence-electron chi connectivity index (χ0n) is 14.7. The average molecular weight is 378 g/mol. The lowest BCUT2D eigenvalue weighted by Crippen LogP contribution is -2.39. The van der Waals surface area contributed by atoms with Gasteiger partial charge in [0.25, 0.3) is 0 Å². The molecule has 140 valence electrons. The third-order valence-electron chi connectivity index (χ3n) is 5.21. The number of hydrogen-bond acceptors (Lipinski definition) is 5. The summed E-state index contributed by atoms with van der Waals surface area (Å²) in [6.07, 6.45) is 2.09. The first-order valence-corrected chi connectivity index (χ1v) is 8.87. The second-order valence-electron chi connectivity index (χ2n) is 6.98. The van der Waals surface area contributed by atoms with Gasteiger partial charge in [-0.2, -0.15) is 5.10 Å². The molecule has 2 saturated heterocycles. The smallest absolute Gasteiger partial charge is 0.235 e. The first-order chi connectivity index (χ1) is 12.1. The first-order valence-electron chi connectivity index (χ1n) is 8.87. The van der Waals surface area contributed by atoms with Crippen molar-refractivity contribution in [3.63, 3.8) is 0 Å². The number of piperidine rings is 1. The molecule has 4 rings (SSSR count). The van der Waals surface area contributed by atoms with Crippen molar-refractivity contribution in [3.05, 3.63) is 23.9 Å². The van der Waals surface area contributed by atoms with Crippen molar-refractivity contribution in [2.45, 2.75) is 25.2 Å². The number of imide groups is 1. The number of carbonyl (C=O) groups excluding carboxylic acids is 2. The van der Waals surface area contributed by atoms with Gasteiger partial charge in [0, 0.05) is 31.1 Å². The summed E-state index contributed by atoms with van der Waals surface area (Å²) in [4.78, 5) is 23.5. The van der Waals surface area contributed by atoms with Crippen LogP contribution in [0.3, 0.4) is 0 Å². The van der Waals surface area contributed by atoms with Gasteiger partial charge >= 0.3 is 0 Å². The lowest BCUT2D eigenvalue weighted by molar-refractivity contribution is -0.134. The van der Waals surface area contributed by atoms with E-state index >= 15 is 0 Å². The lowest BCUT2D eigenvalue weighted by Gasteiger charge is -2.19. The van der Waals surface area contributed by atoms with E-state index in [1.807, 2.05) is 23.9 Å². The van der Waals surface area contributed by atoms with Crippen molar-refractivity contribution < 1.29 is 9.59 Å². The number of aromatic nitrogens is 2. The summed E-state index contributed by atoms with van der Waals surface area (Å²) >= 11 is 0. The zero-order chi connectivity index (χ0) is 17.4. The van der Waals surface area contributed by atoms with Crippen molar-refractivity contribution in [1.29, 1.82) is 0 Å². The van der Waals surface area contributed by atoms with Crippen LogP contribution in [0.4, 0.5) is 5.69 Å². The Balaban J connectivity index is 0.00000196. The molecule has 2 amide bonds. The number of amides is 2. The highest BCUT2D eigenvalue weighted by atomic mass is 35.5. The van der Waals surface area contributed by atoms with Crippen molar-refractivity contribution >= 4 is 40.8 Å². The van der Waals surface area contributed by atoms with E-state index in [0.717, 1.165) is 41.9 Å². The maximum atomic E-state index is 12.2. The van der Waals surface area contributed by atoms with Gasteiger partial charge in [0.15, 0.2) is 0 Å². The van der Waals surface area contributed by atoms with E-state index < -0.39 is 0 Å². The fourth-order valence-electron chi connectivity index (χ4n) is 3.76. The van der Waals surface area contributed by atoms with Crippen LogP contribution >= 0.6 is 12.4 Å². The molecule has 2 aliphatic rings. The standard InChI is InChI=1S/C18H23N5O2.ClH/c1-23-15-8-12(20-10-11-6-7-19-9-11)2-3-13(15)17(22-23)14-4-5-16(24)21-18(14)25;/h2-3,8,11,14,19-20H,4-7,9-10H2,1H3,(H,21,24,25);1H/t11-,14?;/m1./s1. The molecule has 0 radical (unpaired) electrons. The summed E-state index contributed by atoms with van der Waals surface area (Å²) in [7, 11) is 1.89. The van der Waals surface area contributed by atoms with Gasteiger partial charge in [0.1, 0.15) is 0 Å². The highest BCUT2D eigenvalue weighted by Crippen LogP contribution is 2.31. The van der Waals surface area contributed by atoms with Gasteiger partial charge in [-0.25, -0.2) is 0 Å². The molecule has 2 atom stereocenters. The van der Waals surface area contributed by atoms with Crippen LogP contribution in [-0.2, 0) is 16.6 Å². The minimum atomic E-state index is -0.357. The molecule has 2 aromatic rings. The largest absolute Gasteiger partial charge is 0.385 e. The summed E-state index contributed by atoms with van der Waals surface area (Å²) < 4.78 is 1.82. The maximum absolute atomic E-state index is 12.2. The van der Waals surface area contributed by atoms with E-state index in [2.05, 4.69) is 27.1 Å². The Hall–Kier alpha value is -2.12. The SMILES string of the molecule is Cl.Cn1nc(C2CCC(=O)NC2=O)c2ccc(NC[C@@H]3CCNC3)cc21. The van der Waals surface area contributed by atoms with Crippen LogP contribution in [0.25, 0.3) is 10.9 Å². The second-order valence-corrected chi connectivity index (χ2v) is 6.98. The van der Waals surface area contributed by atoms with Crippen molar-refractivity contribution in [2.24, 2.45) is 13.0 Å². The number of rotatable bonds is 4. The molecular weight excluding hydrogens is 354 g/mol. The predicted molar refractivity (Wildman–Crippen MR) is 103 cm³/mol. The summed E-state index contributed by atoms with van der Waals surface area (Å²) in [5.74, 6) is -0.132. The minimum absolute atomic E-state index is 0. The highest BCUT2D eigenvalue weighted by molar-refractivity contribution is 6.02. The van der Waals surface area contributed by atoms with Gasteiger partial charge in [0.05, 0.1) is 17.1 Å². The molecule has 1 aromatic heterocycles. The number of nitrogens with zero attached hydrogens (tertiary/aromatic N) is 2. The Morgan fingerprint density at radius 2 is 2.15 bits per heavy atom. The Morgan fingerprint density at radius 1 is 1.31 bits per heavy atom. The van der Waals surface area contributed by atoms with Crippen LogP contribution in [0, 0.1) is 5.92 Å². The molecule has 26 heavy (non-hydrogen) atoms. The Morgan fingerprint density at radius 3 is 2.88 bits per heavy atom. The molecule has 7 nitrogen and oxygen atoms in total. The number of halogens is 1. The monoisotopic (exact) mass is 377 g/mol. The maximum Gasteiger partial charge on any atom is 0.235 e. The number of aryl methyl sites for hydroxylation is 1. The number of carbonyl (C=O) groups is 2. The minimum Gasteiger partial charge on any atom is -0.385 e. The fourth-order valence-corrected chi connectivity index (χ4v) is 3.76. The van der Waals surface area contributed by atoms with Gasteiger partial charge in [0.2, 0.25) is 11.8 Å². The van der Waals surface area contributed by atoms with Crippen molar-refractivity contribution in [2.75, 3.05) is 25.0 Å². The van der Waals surface area contributed by atoms with E-state index in [9.17, 15) is 9.59 Å². The second kappa shape index (κ2) is 7.63. The molecule has 0 aliphatic carbocycles. The topological polar surface area (TPSA) is 88.0 Å². The fraction of sp³-hybridized carbons (Fsp3) is 0.500. The van der Waals surface area contributed by atoms with Gasteiger partial charge in [-0.3, -0.25) is 19.6 Å². The van der Waals surface area contributed by atoms with Crippen molar-refractivity contribution in [3.8, 4) is 0 Å². The molecule has 3 heterocycles. The third kappa shape index (κ3) is 3.54. The number of anilines is 1. The molecule has 3 N–H and O–H groups in total. The first kappa shape index (κ1) is 18.7. The zero-order valence-corrected chi connectivity index (χ0v) is 15.6. The Kier molecular flexibility index (Phi) is 5.48. The van der Waals surface area contributed by atoms with Crippen LogP contribution < -0.4 is 16.0 Å². The van der Waals surface area contributed by atoms with E-state index in [1.165, 1.54) is 6.42 Å². The van der Waals surface area contributed by atoms with E-state index in [-0.39, 0.29) is 30.1 Å². The van der Waals surface area contributed by atoms with Crippen LogP contribution in [0.2, 0.25) is 0 Å². The van der Waals surface area contributed by atoms with Crippen LogP contribution in [0.15, 0.2) is 18.2 Å². The molecule has 2 aliphatic heterocycles.